The number of anilines is 1. The van der Waals surface area contributed by atoms with Gasteiger partial charge in [0.1, 0.15) is 11.6 Å². The molecule has 0 unspecified atom stereocenters. The molecule has 3 heterocycles. The minimum Gasteiger partial charge on any atom is -0.493 e. The Morgan fingerprint density at radius 1 is 1.00 bits per heavy atom. The maximum absolute atomic E-state index is 14.0. The van der Waals surface area contributed by atoms with Crippen LogP contribution >= 0.6 is 0 Å². The summed E-state index contributed by atoms with van der Waals surface area (Å²) in [7, 11) is -4.05. The summed E-state index contributed by atoms with van der Waals surface area (Å²) in [6, 6.07) is 7.62. The number of benzene rings is 2. The zero-order valence-electron chi connectivity index (χ0n) is 20.7. The number of aryl methyl sites for hydroxylation is 1. The highest BCUT2D eigenvalue weighted by atomic mass is 32.2. The van der Waals surface area contributed by atoms with Gasteiger partial charge in [0, 0.05) is 37.8 Å². The predicted octanol–water partition coefficient (Wildman–Crippen LogP) is 1.81. The van der Waals surface area contributed by atoms with Gasteiger partial charge in [-0.1, -0.05) is 0 Å². The van der Waals surface area contributed by atoms with E-state index in [2.05, 4.69) is 16.0 Å². The molecule has 1 saturated heterocycles. The quantitative estimate of drug-likeness (QED) is 0.528. The number of nitrogens with one attached hydrogen (secondary N) is 3. The Morgan fingerprint density at radius 2 is 1.84 bits per heavy atom. The van der Waals surface area contributed by atoms with E-state index >= 15 is 0 Å². The molecule has 10 nitrogen and oxygen atoms in total. The molecule has 12 heteroatoms. The smallest absolute Gasteiger partial charge is 0.255 e. The van der Waals surface area contributed by atoms with Crippen molar-refractivity contribution in [2.45, 2.75) is 43.0 Å². The predicted molar refractivity (Wildman–Crippen MR) is 136 cm³/mol. The van der Waals surface area contributed by atoms with Crippen molar-refractivity contribution in [3.05, 3.63) is 53.3 Å². The van der Waals surface area contributed by atoms with Gasteiger partial charge < -0.3 is 20.7 Å². The van der Waals surface area contributed by atoms with Gasteiger partial charge in [0.15, 0.2) is 0 Å². The third-order valence-electron chi connectivity index (χ3n) is 7.09. The summed E-state index contributed by atoms with van der Waals surface area (Å²) in [6.07, 6.45) is 1.87. The highest BCUT2D eigenvalue weighted by Gasteiger charge is 2.36. The number of halogens is 1. The standard InChI is InChI=1S/C26H29FN4O6S/c27-18-4-8-23-21(13-18)26(34)29-19-5-2-17(25(33)28-10-1-11-37-23)14-31(15-19)38(35,36)20-6-7-22-16(12-20)3-9-24(32)30-22/h4,6-8,12-13,17,19H,1-3,5,9-11,14-15H2,(H,28,33)(H,29,34)(H,30,32)/t17-,19+/m0/s1. The number of hydrogen-bond donors (Lipinski definition) is 3. The van der Waals surface area contributed by atoms with E-state index in [1.54, 1.807) is 12.1 Å². The van der Waals surface area contributed by atoms with Crippen LogP contribution < -0.4 is 20.7 Å². The van der Waals surface area contributed by atoms with E-state index in [9.17, 15) is 27.2 Å². The van der Waals surface area contributed by atoms with Gasteiger partial charge in [0.25, 0.3) is 5.91 Å². The molecule has 3 N–H and O–H groups in total. The molecule has 5 rings (SSSR count). The van der Waals surface area contributed by atoms with Gasteiger partial charge in [-0.2, -0.15) is 4.31 Å². The van der Waals surface area contributed by atoms with Crippen LogP contribution in [0.3, 0.4) is 0 Å². The zero-order valence-corrected chi connectivity index (χ0v) is 21.5. The number of carbonyl (C=O) groups excluding carboxylic acids is 3. The molecule has 2 aromatic rings. The molecule has 0 saturated carbocycles. The summed E-state index contributed by atoms with van der Waals surface area (Å²) < 4.78 is 48.5. The fourth-order valence-corrected chi connectivity index (χ4v) is 6.61. The van der Waals surface area contributed by atoms with Gasteiger partial charge in [0.2, 0.25) is 21.8 Å². The van der Waals surface area contributed by atoms with Crippen LogP contribution in [0, 0.1) is 11.7 Å². The van der Waals surface area contributed by atoms with E-state index in [1.165, 1.54) is 22.5 Å². The lowest BCUT2D eigenvalue weighted by Gasteiger charge is -2.26. The Kier molecular flexibility index (Phi) is 7.35. The fourth-order valence-electron chi connectivity index (χ4n) is 5.03. The van der Waals surface area contributed by atoms with Crippen molar-refractivity contribution in [3.8, 4) is 5.75 Å². The van der Waals surface area contributed by atoms with E-state index < -0.39 is 33.7 Å². The van der Waals surface area contributed by atoms with Gasteiger partial charge in [0.05, 0.1) is 23.0 Å². The molecule has 3 aliphatic heterocycles. The number of ether oxygens (including phenoxy) is 1. The Balaban J connectivity index is 1.47. The Hall–Kier alpha value is -3.51. The second kappa shape index (κ2) is 10.7. The number of rotatable bonds is 2. The molecule has 2 atom stereocenters. The van der Waals surface area contributed by atoms with Crippen LogP contribution in [0.5, 0.6) is 5.75 Å². The molecule has 3 amide bonds. The number of nitrogens with zero attached hydrogens (tertiary/aromatic N) is 1. The van der Waals surface area contributed by atoms with Crippen molar-refractivity contribution in [2.24, 2.45) is 5.92 Å². The lowest BCUT2D eigenvalue weighted by atomic mass is 10.0. The number of amides is 3. The molecule has 202 valence electrons. The minimum atomic E-state index is -4.05. The first kappa shape index (κ1) is 26.1. The molecule has 0 aliphatic carbocycles. The molecule has 2 aromatic carbocycles. The van der Waals surface area contributed by atoms with Crippen molar-refractivity contribution in [1.82, 2.24) is 14.9 Å². The normalized spacial score (nSPS) is 23.0. The molecule has 0 aromatic heterocycles. The average molecular weight is 545 g/mol. The highest BCUT2D eigenvalue weighted by molar-refractivity contribution is 7.89. The van der Waals surface area contributed by atoms with E-state index in [0.717, 1.165) is 11.6 Å². The lowest BCUT2D eigenvalue weighted by Crippen LogP contribution is -2.45. The van der Waals surface area contributed by atoms with Crippen molar-refractivity contribution in [2.75, 3.05) is 31.6 Å². The molecule has 0 spiro atoms. The summed E-state index contributed by atoms with van der Waals surface area (Å²) in [6.45, 7) is 0.414. The van der Waals surface area contributed by atoms with Gasteiger partial charge in [-0.05, 0) is 67.6 Å². The van der Waals surface area contributed by atoms with Crippen LogP contribution in [0.25, 0.3) is 0 Å². The summed E-state index contributed by atoms with van der Waals surface area (Å²) in [5.74, 6) is -1.95. The molecular weight excluding hydrogens is 515 g/mol. The topological polar surface area (TPSA) is 134 Å². The van der Waals surface area contributed by atoms with Crippen molar-refractivity contribution < 1.29 is 31.9 Å². The lowest BCUT2D eigenvalue weighted by molar-refractivity contribution is -0.125. The maximum atomic E-state index is 14.0. The van der Waals surface area contributed by atoms with Gasteiger partial charge in [-0.25, -0.2) is 12.8 Å². The summed E-state index contributed by atoms with van der Waals surface area (Å²) in [5.41, 5.74) is 1.33. The van der Waals surface area contributed by atoms with Crippen LogP contribution in [0.2, 0.25) is 0 Å². The number of fused-ring (bicyclic) bond motifs is 5. The number of hydrogen-bond acceptors (Lipinski definition) is 6. The van der Waals surface area contributed by atoms with E-state index in [1.807, 2.05) is 0 Å². The van der Waals surface area contributed by atoms with Crippen LogP contribution in [-0.2, 0) is 26.0 Å². The average Bonchev–Trinajstić information content (AvgIpc) is 3.11. The Morgan fingerprint density at radius 3 is 2.68 bits per heavy atom. The molecule has 3 aliphatic rings. The SMILES string of the molecule is O=C1CCc2cc(S(=O)(=O)N3C[C@H]4CC[C@@H](C3)C(=O)NCCCOc3ccc(F)cc3C(=O)N4)ccc2N1. The minimum absolute atomic E-state index is 0.0260. The van der Waals surface area contributed by atoms with E-state index in [4.69, 9.17) is 4.74 Å². The number of sulfonamides is 1. The summed E-state index contributed by atoms with van der Waals surface area (Å²) in [4.78, 5) is 37.9. The van der Waals surface area contributed by atoms with Crippen LogP contribution in [0.15, 0.2) is 41.3 Å². The monoisotopic (exact) mass is 544 g/mol. The third kappa shape index (κ3) is 5.51. The summed E-state index contributed by atoms with van der Waals surface area (Å²) in [5, 5.41) is 8.44. The Labute approximate surface area is 220 Å². The second-order valence-electron chi connectivity index (χ2n) is 9.77. The van der Waals surface area contributed by atoms with Gasteiger partial charge in [-0.15, -0.1) is 0 Å². The first-order valence-electron chi connectivity index (χ1n) is 12.6. The maximum Gasteiger partial charge on any atom is 0.255 e. The second-order valence-corrected chi connectivity index (χ2v) is 11.7. The van der Waals surface area contributed by atoms with Crippen molar-refractivity contribution >= 4 is 33.4 Å². The van der Waals surface area contributed by atoms with Crippen LogP contribution in [0.4, 0.5) is 10.1 Å². The van der Waals surface area contributed by atoms with Gasteiger partial charge >= 0.3 is 0 Å². The molecular formula is C26H29FN4O6S. The largest absolute Gasteiger partial charge is 0.493 e. The van der Waals surface area contributed by atoms with Crippen LogP contribution in [0.1, 0.15) is 41.6 Å². The Bertz CT molecular complexity index is 1380. The summed E-state index contributed by atoms with van der Waals surface area (Å²) >= 11 is 0. The molecule has 38 heavy (non-hydrogen) atoms. The third-order valence-corrected chi connectivity index (χ3v) is 8.92. The van der Waals surface area contributed by atoms with Crippen molar-refractivity contribution in [3.63, 3.8) is 0 Å². The first-order chi connectivity index (χ1) is 18.2. The van der Waals surface area contributed by atoms with E-state index in [0.29, 0.717) is 37.9 Å². The van der Waals surface area contributed by atoms with E-state index in [-0.39, 0.29) is 54.1 Å². The molecule has 1 fully saturated rings. The zero-order chi connectivity index (χ0) is 26.9. The number of carbonyl (C=O) groups is 3. The first-order valence-corrected chi connectivity index (χ1v) is 14.1. The highest BCUT2D eigenvalue weighted by Crippen LogP contribution is 2.29. The molecule has 2 bridgehead atoms. The fraction of sp³-hybridized carbons (Fsp3) is 0.423. The van der Waals surface area contributed by atoms with Gasteiger partial charge in [-0.3, -0.25) is 14.4 Å². The van der Waals surface area contributed by atoms with Crippen LogP contribution in [-0.4, -0.2) is 62.7 Å². The van der Waals surface area contributed by atoms with Crippen molar-refractivity contribution in [1.29, 1.82) is 0 Å². The molecule has 0 radical (unpaired) electrons.